The molecule has 0 radical (unpaired) electrons. The lowest BCUT2D eigenvalue weighted by Crippen LogP contribution is -2.54. The summed E-state index contributed by atoms with van der Waals surface area (Å²) in [4.78, 5) is 29.3. The SMILES string of the molecule is CCOc1cc(N2CCN(C(=O)Cn3nc(-c4ncc[nH]4)c4cccnc43)[C@@H](C)C2)ccc1Cl. The number of H-pyrrole nitrogens is 1. The monoisotopic (exact) mass is 479 g/mol. The summed E-state index contributed by atoms with van der Waals surface area (Å²) >= 11 is 6.24. The molecule has 4 heterocycles. The summed E-state index contributed by atoms with van der Waals surface area (Å²) in [6, 6.07) is 9.65. The molecule has 1 N–H and O–H groups in total. The molecule has 1 fully saturated rings. The molecule has 1 saturated heterocycles. The van der Waals surface area contributed by atoms with Gasteiger partial charge < -0.3 is 19.5 Å². The number of piperazine rings is 1. The number of imidazole rings is 1. The molecular formula is C24H26ClN7O2. The Balaban J connectivity index is 1.32. The Morgan fingerprint density at radius 2 is 2.12 bits per heavy atom. The Bertz CT molecular complexity index is 1300. The molecule has 1 aliphatic heterocycles. The number of carbonyl (C=O) groups excluding carboxylic acids is 1. The van der Waals surface area contributed by atoms with Crippen molar-refractivity contribution >= 4 is 34.2 Å². The highest BCUT2D eigenvalue weighted by molar-refractivity contribution is 6.32. The fourth-order valence-corrected chi connectivity index (χ4v) is 4.60. The first-order valence-corrected chi connectivity index (χ1v) is 11.7. The quantitative estimate of drug-likeness (QED) is 0.454. The van der Waals surface area contributed by atoms with E-state index in [4.69, 9.17) is 16.3 Å². The summed E-state index contributed by atoms with van der Waals surface area (Å²) in [5.74, 6) is 1.35. The second kappa shape index (κ2) is 9.34. The molecule has 0 bridgehead atoms. The van der Waals surface area contributed by atoms with Crippen molar-refractivity contribution in [3.05, 3.63) is 53.9 Å². The molecule has 5 rings (SSSR count). The largest absolute Gasteiger partial charge is 0.492 e. The Morgan fingerprint density at radius 3 is 2.88 bits per heavy atom. The van der Waals surface area contributed by atoms with Gasteiger partial charge in [0.1, 0.15) is 18.0 Å². The molecule has 34 heavy (non-hydrogen) atoms. The van der Waals surface area contributed by atoms with Crippen LogP contribution in [0.4, 0.5) is 5.69 Å². The molecule has 1 atom stereocenters. The van der Waals surface area contributed by atoms with Gasteiger partial charge in [-0.3, -0.25) is 4.79 Å². The third-order valence-electron chi connectivity index (χ3n) is 6.04. The van der Waals surface area contributed by atoms with Crippen LogP contribution in [0.2, 0.25) is 5.02 Å². The van der Waals surface area contributed by atoms with Gasteiger partial charge in [-0.15, -0.1) is 0 Å². The first-order valence-electron chi connectivity index (χ1n) is 11.3. The van der Waals surface area contributed by atoms with Crippen LogP contribution in [0.1, 0.15) is 13.8 Å². The van der Waals surface area contributed by atoms with E-state index < -0.39 is 0 Å². The number of anilines is 1. The normalized spacial score (nSPS) is 16.3. The molecule has 0 saturated carbocycles. The maximum absolute atomic E-state index is 13.3. The van der Waals surface area contributed by atoms with Crippen molar-refractivity contribution < 1.29 is 9.53 Å². The van der Waals surface area contributed by atoms with E-state index in [1.165, 1.54) is 0 Å². The van der Waals surface area contributed by atoms with Crippen molar-refractivity contribution in [3.8, 4) is 17.3 Å². The predicted molar refractivity (Wildman–Crippen MR) is 131 cm³/mol. The zero-order valence-corrected chi connectivity index (χ0v) is 19.9. The number of halogens is 1. The summed E-state index contributed by atoms with van der Waals surface area (Å²) < 4.78 is 7.31. The number of hydrogen-bond donors (Lipinski definition) is 1. The highest BCUT2D eigenvalue weighted by atomic mass is 35.5. The fraction of sp³-hybridized carbons (Fsp3) is 0.333. The third kappa shape index (κ3) is 4.19. The Kier molecular flexibility index (Phi) is 6.10. The van der Waals surface area contributed by atoms with Gasteiger partial charge in [0.25, 0.3) is 0 Å². The number of nitrogens with one attached hydrogen (secondary N) is 1. The number of nitrogens with zero attached hydrogens (tertiary/aromatic N) is 6. The van der Waals surface area contributed by atoms with E-state index in [1.54, 1.807) is 23.3 Å². The van der Waals surface area contributed by atoms with Gasteiger partial charge in [-0.1, -0.05) is 11.6 Å². The van der Waals surface area contributed by atoms with Crippen LogP contribution < -0.4 is 9.64 Å². The van der Waals surface area contributed by atoms with Gasteiger partial charge in [-0.25, -0.2) is 14.6 Å². The van der Waals surface area contributed by atoms with Gasteiger partial charge in [0.05, 0.1) is 17.0 Å². The molecule has 1 aliphatic rings. The molecule has 1 amide bonds. The number of fused-ring (bicyclic) bond motifs is 1. The number of aromatic nitrogens is 5. The minimum Gasteiger partial charge on any atom is -0.492 e. The molecule has 10 heteroatoms. The summed E-state index contributed by atoms with van der Waals surface area (Å²) in [6.07, 6.45) is 5.14. The van der Waals surface area contributed by atoms with Crippen molar-refractivity contribution in [2.24, 2.45) is 0 Å². The first-order chi connectivity index (χ1) is 16.5. The van der Waals surface area contributed by atoms with Gasteiger partial charge >= 0.3 is 0 Å². The van der Waals surface area contributed by atoms with Gasteiger partial charge in [0.2, 0.25) is 5.91 Å². The highest BCUT2D eigenvalue weighted by Gasteiger charge is 2.29. The van der Waals surface area contributed by atoms with Crippen LogP contribution in [0.5, 0.6) is 5.75 Å². The Labute approximate surface area is 202 Å². The van der Waals surface area contributed by atoms with E-state index in [2.05, 4.69) is 31.9 Å². The smallest absolute Gasteiger partial charge is 0.244 e. The van der Waals surface area contributed by atoms with E-state index in [9.17, 15) is 4.79 Å². The molecule has 4 aromatic rings. The van der Waals surface area contributed by atoms with Crippen molar-refractivity contribution in [3.63, 3.8) is 0 Å². The number of carbonyl (C=O) groups is 1. The number of aromatic amines is 1. The van der Waals surface area contributed by atoms with E-state index in [0.717, 1.165) is 17.6 Å². The van der Waals surface area contributed by atoms with Gasteiger partial charge in [0, 0.05) is 56.0 Å². The zero-order valence-electron chi connectivity index (χ0n) is 19.1. The summed E-state index contributed by atoms with van der Waals surface area (Å²) in [7, 11) is 0. The summed E-state index contributed by atoms with van der Waals surface area (Å²) in [5.41, 5.74) is 2.39. The first kappa shape index (κ1) is 22.2. The number of hydrogen-bond acceptors (Lipinski definition) is 6. The lowest BCUT2D eigenvalue weighted by Gasteiger charge is -2.41. The number of ether oxygens (including phenoxy) is 1. The van der Waals surface area contributed by atoms with Crippen LogP contribution in [-0.4, -0.2) is 67.8 Å². The maximum atomic E-state index is 13.3. The number of pyridine rings is 1. The van der Waals surface area contributed by atoms with Gasteiger partial charge in [-0.2, -0.15) is 5.10 Å². The molecule has 1 aromatic carbocycles. The van der Waals surface area contributed by atoms with E-state index in [0.29, 0.717) is 47.6 Å². The summed E-state index contributed by atoms with van der Waals surface area (Å²) in [5, 5.41) is 6.12. The van der Waals surface area contributed by atoms with Crippen LogP contribution in [0, 0.1) is 0 Å². The molecule has 3 aromatic heterocycles. The fourth-order valence-electron chi connectivity index (χ4n) is 4.43. The zero-order chi connectivity index (χ0) is 23.7. The van der Waals surface area contributed by atoms with Crippen molar-refractivity contribution in [2.45, 2.75) is 26.4 Å². The Morgan fingerprint density at radius 1 is 1.24 bits per heavy atom. The number of rotatable bonds is 6. The van der Waals surface area contributed by atoms with Crippen LogP contribution >= 0.6 is 11.6 Å². The topological polar surface area (TPSA) is 92.2 Å². The van der Waals surface area contributed by atoms with E-state index in [-0.39, 0.29) is 18.5 Å². The molecule has 0 unspecified atom stereocenters. The molecular weight excluding hydrogens is 454 g/mol. The van der Waals surface area contributed by atoms with Crippen molar-refractivity contribution in [1.82, 2.24) is 29.6 Å². The second-order valence-electron chi connectivity index (χ2n) is 8.25. The molecule has 0 aliphatic carbocycles. The average molecular weight is 480 g/mol. The van der Waals surface area contributed by atoms with Gasteiger partial charge in [-0.05, 0) is 38.1 Å². The van der Waals surface area contributed by atoms with Crippen molar-refractivity contribution in [2.75, 3.05) is 31.1 Å². The average Bonchev–Trinajstić information content (AvgIpc) is 3.49. The Hall–Kier alpha value is -3.59. The van der Waals surface area contributed by atoms with Crippen LogP contribution in [0.3, 0.4) is 0 Å². The lowest BCUT2D eigenvalue weighted by molar-refractivity contribution is -0.134. The van der Waals surface area contributed by atoms with Crippen LogP contribution in [0.15, 0.2) is 48.9 Å². The lowest BCUT2D eigenvalue weighted by atomic mass is 10.1. The minimum atomic E-state index is 0.0132. The second-order valence-corrected chi connectivity index (χ2v) is 8.66. The van der Waals surface area contributed by atoms with Crippen molar-refractivity contribution in [1.29, 1.82) is 0 Å². The summed E-state index contributed by atoms with van der Waals surface area (Å²) in [6.45, 7) is 6.73. The predicted octanol–water partition coefficient (Wildman–Crippen LogP) is 3.61. The van der Waals surface area contributed by atoms with E-state index >= 15 is 0 Å². The number of amides is 1. The molecule has 0 spiro atoms. The standard InChI is InChI=1S/C24H26ClN7O2/c1-3-34-20-13-17(6-7-19(20)25)30-11-12-31(16(2)14-30)21(33)15-32-24-18(5-4-8-28-24)22(29-32)23-26-9-10-27-23/h4-10,13,16H,3,11-12,14-15H2,1-2H3,(H,26,27)/t16-/m0/s1. The number of benzene rings is 1. The molecule has 176 valence electrons. The minimum absolute atomic E-state index is 0.0132. The van der Waals surface area contributed by atoms with E-state index in [1.807, 2.05) is 42.2 Å². The highest BCUT2D eigenvalue weighted by Crippen LogP contribution is 2.31. The van der Waals surface area contributed by atoms with Gasteiger partial charge in [0.15, 0.2) is 11.5 Å². The third-order valence-corrected chi connectivity index (χ3v) is 6.35. The molecule has 9 nitrogen and oxygen atoms in total. The van der Waals surface area contributed by atoms with Crippen LogP contribution in [-0.2, 0) is 11.3 Å². The van der Waals surface area contributed by atoms with Crippen LogP contribution in [0.25, 0.3) is 22.6 Å². The maximum Gasteiger partial charge on any atom is 0.244 e.